The van der Waals surface area contributed by atoms with Crippen molar-refractivity contribution in [3.63, 3.8) is 0 Å². The molecule has 1 amide bonds. The molecule has 0 fully saturated rings. The molecular formula is C19H22N2O5S. The molecule has 27 heavy (non-hydrogen) atoms. The summed E-state index contributed by atoms with van der Waals surface area (Å²) in [6.45, 7) is 3.16. The number of esters is 1. The molecule has 0 heterocycles. The van der Waals surface area contributed by atoms with Crippen molar-refractivity contribution in [2.45, 2.75) is 25.2 Å². The lowest BCUT2D eigenvalue weighted by Crippen LogP contribution is -2.28. The second kappa shape index (κ2) is 9.29. The molecule has 0 unspecified atom stereocenters. The SMILES string of the molecule is Cc1ccc(S(=O)(=O)NCCC(=O)OCC(=O)Nc2ccccc2C)cc1. The van der Waals surface area contributed by atoms with Gasteiger partial charge in [-0.15, -0.1) is 0 Å². The number of hydrogen-bond donors (Lipinski definition) is 2. The highest BCUT2D eigenvalue weighted by molar-refractivity contribution is 7.89. The molecule has 0 saturated carbocycles. The first-order chi connectivity index (χ1) is 12.8. The van der Waals surface area contributed by atoms with E-state index in [1.807, 2.05) is 26.0 Å². The molecule has 2 aromatic carbocycles. The molecule has 2 rings (SSSR count). The molecule has 0 aliphatic rings. The largest absolute Gasteiger partial charge is 0.456 e. The summed E-state index contributed by atoms with van der Waals surface area (Å²) in [4.78, 5) is 23.6. The Bertz CT molecular complexity index is 908. The van der Waals surface area contributed by atoms with E-state index in [9.17, 15) is 18.0 Å². The van der Waals surface area contributed by atoms with Crippen LogP contribution in [0.5, 0.6) is 0 Å². The topological polar surface area (TPSA) is 102 Å². The Balaban J connectivity index is 1.74. The summed E-state index contributed by atoms with van der Waals surface area (Å²) in [7, 11) is -3.69. The van der Waals surface area contributed by atoms with E-state index in [4.69, 9.17) is 4.74 Å². The molecule has 2 aromatic rings. The third kappa shape index (κ3) is 6.50. The minimum atomic E-state index is -3.69. The molecule has 7 nitrogen and oxygen atoms in total. The average Bonchev–Trinajstić information content (AvgIpc) is 2.62. The van der Waals surface area contributed by atoms with Crippen LogP contribution < -0.4 is 10.0 Å². The zero-order chi connectivity index (χ0) is 19.9. The van der Waals surface area contributed by atoms with Crippen molar-refractivity contribution in [3.8, 4) is 0 Å². The lowest BCUT2D eigenvalue weighted by molar-refractivity contribution is -0.147. The minimum Gasteiger partial charge on any atom is -0.456 e. The first-order valence-electron chi connectivity index (χ1n) is 8.35. The Morgan fingerprint density at radius 2 is 1.67 bits per heavy atom. The third-order valence-electron chi connectivity index (χ3n) is 3.74. The maximum absolute atomic E-state index is 12.1. The van der Waals surface area contributed by atoms with Gasteiger partial charge in [0.05, 0.1) is 11.3 Å². The summed E-state index contributed by atoms with van der Waals surface area (Å²) in [5.74, 6) is -1.13. The van der Waals surface area contributed by atoms with E-state index in [-0.39, 0.29) is 17.9 Å². The molecule has 0 aromatic heterocycles. The Morgan fingerprint density at radius 3 is 2.33 bits per heavy atom. The fourth-order valence-corrected chi connectivity index (χ4v) is 3.24. The van der Waals surface area contributed by atoms with Gasteiger partial charge in [-0.25, -0.2) is 13.1 Å². The van der Waals surface area contributed by atoms with E-state index in [1.165, 1.54) is 12.1 Å². The van der Waals surface area contributed by atoms with Crippen LogP contribution in [-0.2, 0) is 24.3 Å². The van der Waals surface area contributed by atoms with Crippen LogP contribution in [0.4, 0.5) is 5.69 Å². The summed E-state index contributed by atoms with van der Waals surface area (Å²) < 4.78 is 31.4. The Morgan fingerprint density at radius 1 is 1.00 bits per heavy atom. The average molecular weight is 390 g/mol. The number of carbonyl (C=O) groups is 2. The molecule has 0 aliphatic carbocycles. The molecule has 144 valence electrons. The van der Waals surface area contributed by atoms with Crippen molar-refractivity contribution < 1.29 is 22.7 Å². The van der Waals surface area contributed by atoms with Gasteiger partial charge in [0.2, 0.25) is 10.0 Å². The number of rotatable bonds is 8. The van der Waals surface area contributed by atoms with Crippen molar-refractivity contribution in [1.82, 2.24) is 4.72 Å². The van der Waals surface area contributed by atoms with Gasteiger partial charge in [-0.1, -0.05) is 35.9 Å². The number of carbonyl (C=O) groups excluding carboxylic acids is 2. The van der Waals surface area contributed by atoms with Crippen molar-refractivity contribution in [2.24, 2.45) is 0 Å². The van der Waals surface area contributed by atoms with Gasteiger partial charge in [0.15, 0.2) is 6.61 Å². The minimum absolute atomic E-state index is 0.117. The van der Waals surface area contributed by atoms with Crippen LogP contribution in [0.3, 0.4) is 0 Å². The normalized spacial score (nSPS) is 11.0. The lowest BCUT2D eigenvalue weighted by atomic mass is 10.2. The Hall–Kier alpha value is -2.71. The van der Waals surface area contributed by atoms with Crippen LogP contribution in [0.15, 0.2) is 53.4 Å². The summed E-state index contributed by atoms with van der Waals surface area (Å²) in [6, 6.07) is 13.6. The van der Waals surface area contributed by atoms with Gasteiger partial charge in [-0.05, 0) is 37.6 Å². The summed E-state index contributed by atoms with van der Waals surface area (Å²) in [6.07, 6.45) is -0.178. The number of benzene rings is 2. The van der Waals surface area contributed by atoms with Crippen molar-refractivity contribution in [1.29, 1.82) is 0 Å². The summed E-state index contributed by atoms with van der Waals surface area (Å²) in [5, 5.41) is 2.64. The van der Waals surface area contributed by atoms with Crippen molar-refractivity contribution in [3.05, 3.63) is 59.7 Å². The van der Waals surface area contributed by atoms with E-state index in [0.717, 1.165) is 11.1 Å². The van der Waals surface area contributed by atoms with Crippen LogP contribution in [0, 0.1) is 13.8 Å². The molecule has 0 atom stereocenters. The van der Waals surface area contributed by atoms with Gasteiger partial charge in [0.1, 0.15) is 0 Å². The van der Waals surface area contributed by atoms with Crippen molar-refractivity contribution in [2.75, 3.05) is 18.5 Å². The zero-order valence-corrected chi connectivity index (χ0v) is 16.0. The highest BCUT2D eigenvalue weighted by atomic mass is 32.2. The first kappa shape index (κ1) is 20.6. The predicted molar refractivity (Wildman–Crippen MR) is 102 cm³/mol. The van der Waals surface area contributed by atoms with E-state index in [0.29, 0.717) is 5.69 Å². The van der Waals surface area contributed by atoms with Gasteiger partial charge >= 0.3 is 5.97 Å². The number of anilines is 1. The summed E-state index contributed by atoms with van der Waals surface area (Å²) >= 11 is 0. The van der Waals surface area contributed by atoms with Crippen LogP contribution in [0.25, 0.3) is 0 Å². The van der Waals surface area contributed by atoms with Gasteiger partial charge in [0, 0.05) is 12.2 Å². The maximum Gasteiger partial charge on any atom is 0.307 e. The maximum atomic E-state index is 12.1. The highest BCUT2D eigenvalue weighted by Gasteiger charge is 2.15. The standard InChI is InChI=1S/C19H22N2O5S/c1-14-7-9-16(10-8-14)27(24,25)20-12-11-19(23)26-13-18(22)21-17-6-4-3-5-15(17)2/h3-10,20H,11-13H2,1-2H3,(H,21,22). The zero-order valence-electron chi connectivity index (χ0n) is 15.2. The fourth-order valence-electron chi connectivity index (χ4n) is 2.21. The highest BCUT2D eigenvalue weighted by Crippen LogP contribution is 2.13. The van der Waals surface area contributed by atoms with Gasteiger partial charge < -0.3 is 10.1 Å². The van der Waals surface area contributed by atoms with Crippen LogP contribution in [0.2, 0.25) is 0 Å². The number of ether oxygens (including phenoxy) is 1. The Kier molecular flexibility index (Phi) is 7.09. The third-order valence-corrected chi connectivity index (χ3v) is 5.21. The monoisotopic (exact) mass is 390 g/mol. The number of hydrogen-bond acceptors (Lipinski definition) is 5. The van der Waals surface area contributed by atoms with E-state index in [1.54, 1.807) is 24.3 Å². The predicted octanol–water partition coefficient (Wildman–Crippen LogP) is 2.15. The van der Waals surface area contributed by atoms with Crippen LogP contribution in [0.1, 0.15) is 17.5 Å². The van der Waals surface area contributed by atoms with Gasteiger partial charge in [-0.2, -0.15) is 0 Å². The number of nitrogens with one attached hydrogen (secondary N) is 2. The Labute approximate surface area is 158 Å². The van der Waals surface area contributed by atoms with Crippen LogP contribution in [-0.4, -0.2) is 33.4 Å². The van der Waals surface area contributed by atoms with Crippen LogP contribution >= 0.6 is 0 Å². The van der Waals surface area contributed by atoms with E-state index < -0.39 is 28.5 Å². The van der Waals surface area contributed by atoms with Gasteiger partial charge in [0.25, 0.3) is 5.91 Å². The smallest absolute Gasteiger partial charge is 0.307 e. The quantitative estimate of drug-likeness (QED) is 0.673. The van der Waals surface area contributed by atoms with Gasteiger partial charge in [-0.3, -0.25) is 9.59 Å². The lowest BCUT2D eigenvalue weighted by Gasteiger charge is -2.09. The second-order valence-electron chi connectivity index (χ2n) is 5.98. The molecule has 0 saturated heterocycles. The van der Waals surface area contributed by atoms with E-state index >= 15 is 0 Å². The molecular weight excluding hydrogens is 368 g/mol. The number of aryl methyl sites for hydroxylation is 2. The number of sulfonamides is 1. The number of amides is 1. The molecule has 8 heteroatoms. The van der Waals surface area contributed by atoms with Crippen molar-refractivity contribution >= 4 is 27.6 Å². The molecule has 0 aliphatic heterocycles. The molecule has 2 N–H and O–H groups in total. The first-order valence-corrected chi connectivity index (χ1v) is 9.84. The number of para-hydroxylation sites is 1. The second-order valence-corrected chi connectivity index (χ2v) is 7.75. The molecule has 0 radical (unpaired) electrons. The van der Waals surface area contributed by atoms with E-state index in [2.05, 4.69) is 10.0 Å². The summed E-state index contributed by atoms with van der Waals surface area (Å²) in [5.41, 5.74) is 2.48. The molecule has 0 spiro atoms. The fraction of sp³-hybridized carbons (Fsp3) is 0.263. The molecule has 0 bridgehead atoms.